The Hall–Kier alpha value is -0.0800. The molecule has 1 aliphatic carbocycles. The van der Waals surface area contributed by atoms with Crippen LogP contribution in [0.5, 0.6) is 0 Å². The lowest BCUT2D eigenvalue weighted by Crippen LogP contribution is -2.53. The van der Waals surface area contributed by atoms with E-state index in [0.717, 1.165) is 25.3 Å². The molecule has 0 bridgehead atoms. The van der Waals surface area contributed by atoms with Crippen LogP contribution in [0, 0.1) is 5.92 Å². The summed E-state index contributed by atoms with van der Waals surface area (Å²) in [5, 5.41) is 9.80. The summed E-state index contributed by atoms with van der Waals surface area (Å²) in [7, 11) is 0. The monoisotopic (exact) mass is 225 g/mol. The van der Waals surface area contributed by atoms with Gasteiger partial charge in [0.1, 0.15) is 0 Å². The molecule has 0 aromatic heterocycles. The number of rotatable bonds is 2. The predicted molar refractivity (Wildman–Crippen MR) is 67.5 cm³/mol. The van der Waals surface area contributed by atoms with Gasteiger partial charge in [-0.1, -0.05) is 19.3 Å². The number of hydrogen-bond donors (Lipinski definition) is 1. The predicted octanol–water partition coefficient (Wildman–Crippen LogP) is 2.80. The SMILES string of the molecule is CC1(C)CCC(O)CN1CC1CCCCC1. The molecule has 2 rings (SSSR count). The molecule has 2 fully saturated rings. The van der Waals surface area contributed by atoms with E-state index in [1.165, 1.54) is 38.6 Å². The molecule has 0 radical (unpaired) electrons. The van der Waals surface area contributed by atoms with Crippen molar-refractivity contribution in [3.8, 4) is 0 Å². The zero-order valence-corrected chi connectivity index (χ0v) is 10.9. The van der Waals surface area contributed by atoms with Crippen LogP contribution in [0.2, 0.25) is 0 Å². The average molecular weight is 225 g/mol. The van der Waals surface area contributed by atoms with Crippen LogP contribution in [0.25, 0.3) is 0 Å². The summed E-state index contributed by atoms with van der Waals surface area (Å²) in [6, 6.07) is 0. The van der Waals surface area contributed by atoms with Crippen LogP contribution < -0.4 is 0 Å². The van der Waals surface area contributed by atoms with Crippen molar-refractivity contribution in [1.82, 2.24) is 4.90 Å². The van der Waals surface area contributed by atoms with E-state index in [1.807, 2.05) is 0 Å². The van der Waals surface area contributed by atoms with Crippen molar-refractivity contribution in [3.63, 3.8) is 0 Å². The fourth-order valence-corrected chi connectivity index (χ4v) is 3.27. The number of hydrogen-bond acceptors (Lipinski definition) is 2. The van der Waals surface area contributed by atoms with Crippen molar-refractivity contribution in [2.45, 2.75) is 70.4 Å². The summed E-state index contributed by atoms with van der Waals surface area (Å²) in [6.45, 7) is 6.77. The highest BCUT2D eigenvalue weighted by atomic mass is 16.3. The molecular formula is C14H27NO. The maximum Gasteiger partial charge on any atom is 0.0668 e. The molecule has 1 unspecified atom stereocenters. The van der Waals surface area contributed by atoms with Gasteiger partial charge in [0.15, 0.2) is 0 Å². The first-order valence-corrected chi connectivity index (χ1v) is 7.01. The van der Waals surface area contributed by atoms with Gasteiger partial charge >= 0.3 is 0 Å². The quantitative estimate of drug-likeness (QED) is 0.781. The number of piperidine rings is 1. The average Bonchev–Trinajstić information content (AvgIpc) is 2.26. The number of aliphatic hydroxyl groups excluding tert-OH is 1. The van der Waals surface area contributed by atoms with Crippen LogP contribution in [0.1, 0.15) is 58.8 Å². The minimum atomic E-state index is -0.0865. The zero-order chi connectivity index (χ0) is 11.6. The number of aliphatic hydroxyl groups is 1. The number of likely N-dealkylation sites (tertiary alicyclic amines) is 1. The van der Waals surface area contributed by atoms with Gasteiger partial charge < -0.3 is 5.11 Å². The van der Waals surface area contributed by atoms with Crippen molar-refractivity contribution >= 4 is 0 Å². The van der Waals surface area contributed by atoms with Crippen molar-refractivity contribution < 1.29 is 5.11 Å². The van der Waals surface area contributed by atoms with Crippen molar-refractivity contribution in [1.29, 1.82) is 0 Å². The maximum absolute atomic E-state index is 9.80. The van der Waals surface area contributed by atoms with E-state index in [2.05, 4.69) is 18.7 Å². The molecule has 94 valence electrons. The topological polar surface area (TPSA) is 23.5 Å². The van der Waals surface area contributed by atoms with Crippen LogP contribution in [0.3, 0.4) is 0 Å². The summed E-state index contributed by atoms with van der Waals surface area (Å²) in [6.07, 6.45) is 9.11. The highest BCUT2D eigenvalue weighted by Gasteiger charge is 2.34. The molecule has 1 saturated heterocycles. The highest BCUT2D eigenvalue weighted by Crippen LogP contribution is 2.31. The lowest BCUT2D eigenvalue weighted by Gasteiger charge is -2.46. The third-order valence-corrected chi connectivity index (χ3v) is 4.58. The Morgan fingerprint density at radius 2 is 1.81 bits per heavy atom. The number of β-amino-alcohol motifs (C(OH)–C–C–N with tert-alkyl or cyclic N) is 1. The molecule has 1 N–H and O–H groups in total. The van der Waals surface area contributed by atoms with Gasteiger partial charge in [0.2, 0.25) is 0 Å². The second-order valence-electron chi connectivity index (χ2n) is 6.41. The lowest BCUT2D eigenvalue weighted by atomic mass is 9.84. The normalized spacial score (nSPS) is 32.8. The second-order valence-corrected chi connectivity index (χ2v) is 6.41. The second kappa shape index (κ2) is 5.05. The van der Waals surface area contributed by atoms with Gasteiger partial charge in [-0.3, -0.25) is 4.90 Å². The summed E-state index contributed by atoms with van der Waals surface area (Å²) in [5.74, 6) is 0.887. The van der Waals surface area contributed by atoms with E-state index in [4.69, 9.17) is 0 Å². The molecule has 0 spiro atoms. The molecule has 16 heavy (non-hydrogen) atoms. The first kappa shape index (κ1) is 12.4. The minimum absolute atomic E-state index is 0.0865. The Balaban J connectivity index is 1.90. The maximum atomic E-state index is 9.80. The molecular weight excluding hydrogens is 198 g/mol. The molecule has 1 aliphatic heterocycles. The summed E-state index contributed by atoms with van der Waals surface area (Å²) < 4.78 is 0. The van der Waals surface area contributed by atoms with Crippen molar-refractivity contribution in [2.75, 3.05) is 13.1 Å². The first-order valence-electron chi connectivity index (χ1n) is 7.01. The van der Waals surface area contributed by atoms with E-state index >= 15 is 0 Å². The van der Waals surface area contributed by atoms with E-state index in [9.17, 15) is 5.11 Å². The van der Waals surface area contributed by atoms with Crippen molar-refractivity contribution in [3.05, 3.63) is 0 Å². The summed E-state index contributed by atoms with van der Waals surface area (Å²) in [5.41, 5.74) is 0.302. The third kappa shape index (κ3) is 2.98. The van der Waals surface area contributed by atoms with Crippen LogP contribution >= 0.6 is 0 Å². The Kier molecular flexibility index (Phi) is 3.91. The highest BCUT2D eigenvalue weighted by molar-refractivity contribution is 4.90. The van der Waals surface area contributed by atoms with E-state index in [-0.39, 0.29) is 6.10 Å². The van der Waals surface area contributed by atoms with Crippen LogP contribution in [-0.2, 0) is 0 Å². The van der Waals surface area contributed by atoms with Gasteiger partial charge in [-0.25, -0.2) is 0 Å². The molecule has 2 aliphatic rings. The van der Waals surface area contributed by atoms with E-state index in [1.54, 1.807) is 0 Å². The summed E-state index contributed by atoms with van der Waals surface area (Å²) in [4.78, 5) is 2.54. The Morgan fingerprint density at radius 1 is 1.12 bits per heavy atom. The zero-order valence-electron chi connectivity index (χ0n) is 10.9. The van der Waals surface area contributed by atoms with Gasteiger partial charge in [0.05, 0.1) is 6.10 Å². The fourth-order valence-electron chi connectivity index (χ4n) is 3.27. The van der Waals surface area contributed by atoms with Gasteiger partial charge in [-0.2, -0.15) is 0 Å². The third-order valence-electron chi connectivity index (χ3n) is 4.58. The van der Waals surface area contributed by atoms with Gasteiger partial charge in [-0.15, -0.1) is 0 Å². The standard InChI is InChI=1S/C14H27NO/c1-14(2)9-8-13(16)11-15(14)10-12-6-4-3-5-7-12/h12-13,16H,3-11H2,1-2H3. The Bertz CT molecular complexity index is 221. The first-order chi connectivity index (χ1) is 7.58. The molecule has 0 amide bonds. The molecule has 1 saturated carbocycles. The largest absolute Gasteiger partial charge is 0.392 e. The fraction of sp³-hybridized carbons (Fsp3) is 1.00. The summed E-state index contributed by atoms with van der Waals surface area (Å²) >= 11 is 0. The molecule has 2 heteroatoms. The van der Waals surface area contributed by atoms with Crippen LogP contribution in [0.15, 0.2) is 0 Å². The minimum Gasteiger partial charge on any atom is -0.392 e. The van der Waals surface area contributed by atoms with Crippen molar-refractivity contribution in [2.24, 2.45) is 5.92 Å². The smallest absolute Gasteiger partial charge is 0.0668 e. The van der Waals surface area contributed by atoms with Gasteiger partial charge in [-0.05, 0) is 45.4 Å². The Labute approximate surface area is 100 Å². The number of nitrogens with zero attached hydrogens (tertiary/aromatic N) is 1. The molecule has 0 aromatic carbocycles. The van der Waals surface area contributed by atoms with Crippen LogP contribution in [0.4, 0.5) is 0 Å². The molecule has 2 nitrogen and oxygen atoms in total. The Morgan fingerprint density at radius 3 is 2.50 bits per heavy atom. The van der Waals surface area contributed by atoms with Gasteiger partial charge in [0.25, 0.3) is 0 Å². The molecule has 1 atom stereocenters. The van der Waals surface area contributed by atoms with Crippen LogP contribution in [-0.4, -0.2) is 34.7 Å². The van der Waals surface area contributed by atoms with E-state index < -0.39 is 0 Å². The lowest BCUT2D eigenvalue weighted by molar-refractivity contribution is -0.0160. The molecule has 0 aromatic rings. The van der Waals surface area contributed by atoms with E-state index in [0.29, 0.717) is 5.54 Å². The van der Waals surface area contributed by atoms with Gasteiger partial charge in [0, 0.05) is 18.6 Å². The molecule has 1 heterocycles.